The molecule has 0 saturated carbocycles. The summed E-state index contributed by atoms with van der Waals surface area (Å²) >= 11 is 0. The topological polar surface area (TPSA) is 107 Å². The number of anilines is 1. The van der Waals surface area contributed by atoms with Gasteiger partial charge in [0, 0.05) is 45.0 Å². The van der Waals surface area contributed by atoms with Gasteiger partial charge in [0.1, 0.15) is 0 Å². The monoisotopic (exact) mass is 492 g/mol. The summed E-state index contributed by atoms with van der Waals surface area (Å²) in [6.07, 6.45) is 1.71. The lowest BCUT2D eigenvalue weighted by atomic mass is 10.3. The summed E-state index contributed by atoms with van der Waals surface area (Å²) in [5.41, 5.74) is 0.422. The van der Waals surface area contributed by atoms with Crippen LogP contribution in [-0.4, -0.2) is 82.1 Å². The van der Waals surface area contributed by atoms with E-state index in [0.29, 0.717) is 45.0 Å². The van der Waals surface area contributed by atoms with Crippen molar-refractivity contribution >= 4 is 31.6 Å². The van der Waals surface area contributed by atoms with E-state index in [9.17, 15) is 21.6 Å². The van der Waals surface area contributed by atoms with Crippen molar-refractivity contribution in [2.75, 3.05) is 51.1 Å². The summed E-state index contributed by atoms with van der Waals surface area (Å²) in [6.45, 7) is 2.60. The number of nitrogens with zero attached hydrogens (tertiary/aromatic N) is 3. The van der Waals surface area contributed by atoms with Gasteiger partial charge in [0.05, 0.1) is 16.3 Å². The number of hydrogen-bond acceptors (Lipinski definition) is 6. The lowest BCUT2D eigenvalue weighted by Crippen LogP contribution is -2.50. The van der Waals surface area contributed by atoms with Gasteiger partial charge in [-0.25, -0.2) is 16.8 Å². The summed E-state index contributed by atoms with van der Waals surface area (Å²) in [4.78, 5) is 14.9. The third-order valence-electron chi connectivity index (χ3n) is 5.90. The number of sulfonamides is 2. The average molecular weight is 493 g/mol. The number of carbonyl (C=O) groups excluding carboxylic acids is 1. The Morgan fingerprint density at radius 1 is 0.727 bits per heavy atom. The molecule has 33 heavy (non-hydrogen) atoms. The molecule has 2 aliphatic heterocycles. The van der Waals surface area contributed by atoms with Crippen LogP contribution in [0, 0.1) is 0 Å². The first kappa shape index (κ1) is 23.8. The van der Waals surface area contributed by atoms with E-state index in [1.165, 1.54) is 20.7 Å². The molecule has 11 heteroatoms. The summed E-state index contributed by atoms with van der Waals surface area (Å²) in [5, 5.41) is 2.76. The number of piperazine rings is 1. The number of rotatable bonds is 7. The lowest BCUT2D eigenvalue weighted by Gasteiger charge is -2.33. The number of benzene rings is 2. The minimum atomic E-state index is -3.56. The Morgan fingerprint density at radius 2 is 1.30 bits per heavy atom. The highest BCUT2D eigenvalue weighted by Gasteiger charge is 2.29. The van der Waals surface area contributed by atoms with E-state index >= 15 is 0 Å². The third-order valence-corrected chi connectivity index (χ3v) is 9.71. The van der Waals surface area contributed by atoms with Gasteiger partial charge in [-0.05, 0) is 43.2 Å². The maximum Gasteiger partial charge on any atom is 0.243 e. The van der Waals surface area contributed by atoms with Gasteiger partial charge < -0.3 is 5.32 Å². The van der Waals surface area contributed by atoms with Gasteiger partial charge in [-0.15, -0.1) is 0 Å². The van der Waals surface area contributed by atoms with Gasteiger partial charge in [0.2, 0.25) is 26.0 Å². The first-order valence-electron chi connectivity index (χ1n) is 10.9. The molecule has 0 unspecified atom stereocenters. The van der Waals surface area contributed by atoms with Crippen LogP contribution in [0.4, 0.5) is 5.69 Å². The van der Waals surface area contributed by atoms with Gasteiger partial charge in [-0.3, -0.25) is 9.69 Å². The Hall–Kier alpha value is -2.31. The Balaban J connectivity index is 1.32. The van der Waals surface area contributed by atoms with Crippen LogP contribution in [0.25, 0.3) is 0 Å². The molecule has 2 heterocycles. The molecule has 178 valence electrons. The quantitative estimate of drug-likeness (QED) is 0.627. The Morgan fingerprint density at radius 3 is 1.97 bits per heavy atom. The zero-order chi connectivity index (χ0) is 23.5. The Bertz CT molecular complexity index is 1190. The molecule has 1 N–H and O–H groups in total. The highest BCUT2D eigenvalue weighted by molar-refractivity contribution is 7.89. The van der Waals surface area contributed by atoms with Crippen LogP contribution >= 0.6 is 0 Å². The molecule has 1 amide bonds. The van der Waals surface area contributed by atoms with Crippen molar-refractivity contribution < 1.29 is 21.6 Å². The average Bonchev–Trinajstić information content (AvgIpc) is 3.36. The molecule has 0 bridgehead atoms. The molecule has 2 aliphatic rings. The molecule has 4 rings (SSSR count). The maximum absolute atomic E-state index is 12.8. The summed E-state index contributed by atoms with van der Waals surface area (Å²) < 4.78 is 53.9. The lowest BCUT2D eigenvalue weighted by molar-refractivity contribution is -0.117. The zero-order valence-corrected chi connectivity index (χ0v) is 19.9. The molecule has 0 radical (unpaired) electrons. The molecule has 0 atom stereocenters. The highest BCUT2D eigenvalue weighted by atomic mass is 32.2. The fourth-order valence-corrected chi connectivity index (χ4v) is 7.09. The van der Waals surface area contributed by atoms with E-state index in [1.54, 1.807) is 42.5 Å². The van der Waals surface area contributed by atoms with Crippen molar-refractivity contribution in [3.8, 4) is 0 Å². The van der Waals surface area contributed by atoms with Gasteiger partial charge in [0.15, 0.2) is 0 Å². The van der Waals surface area contributed by atoms with Gasteiger partial charge in [-0.1, -0.05) is 24.3 Å². The van der Waals surface area contributed by atoms with Crippen LogP contribution in [-0.2, 0) is 24.8 Å². The molecule has 0 aromatic heterocycles. The van der Waals surface area contributed by atoms with E-state index in [-0.39, 0.29) is 22.2 Å². The summed E-state index contributed by atoms with van der Waals surface area (Å²) in [7, 11) is -7.10. The number of amides is 1. The molecule has 0 aliphatic carbocycles. The molecule has 2 aromatic rings. The molecule has 2 aromatic carbocycles. The molecular weight excluding hydrogens is 464 g/mol. The zero-order valence-electron chi connectivity index (χ0n) is 18.3. The van der Waals surface area contributed by atoms with E-state index < -0.39 is 20.0 Å². The predicted octanol–water partition coefficient (Wildman–Crippen LogP) is 1.42. The van der Waals surface area contributed by atoms with Crippen LogP contribution < -0.4 is 5.32 Å². The van der Waals surface area contributed by atoms with E-state index in [0.717, 1.165) is 12.8 Å². The maximum atomic E-state index is 12.8. The van der Waals surface area contributed by atoms with Crippen molar-refractivity contribution in [1.82, 2.24) is 13.5 Å². The number of nitrogens with one attached hydrogen (secondary N) is 1. The number of hydrogen-bond donors (Lipinski definition) is 1. The van der Waals surface area contributed by atoms with Gasteiger partial charge >= 0.3 is 0 Å². The van der Waals surface area contributed by atoms with Crippen LogP contribution in [0.2, 0.25) is 0 Å². The minimum Gasteiger partial charge on any atom is -0.325 e. The third kappa shape index (κ3) is 5.44. The second-order valence-electron chi connectivity index (χ2n) is 8.18. The smallest absolute Gasteiger partial charge is 0.243 e. The second kappa shape index (κ2) is 9.90. The molecule has 2 saturated heterocycles. The highest BCUT2D eigenvalue weighted by Crippen LogP contribution is 2.23. The fraction of sp³-hybridized carbons (Fsp3) is 0.409. The first-order chi connectivity index (χ1) is 15.8. The Kier molecular flexibility index (Phi) is 7.15. The van der Waals surface area contributed by atoms with E-state index in [2.05, 4.69) is 5.32 Å². The van der Waals surface area contributed by atoms with Crippen LogP contribution in [0.15, 0.2) is 64.4 Å². The molecule has 9 nitrogen and oxygen atoms in total. The SMILES string of the molecule is O=C(CN1CCN(S(=O)(=O)c2ccccc2)CC1)Nc1cccc(S(=O)(=O)N2CCCC2)c1. The second-order valence-corrected chi connectivity index (χ2v) is 12.1. The van der Waals surface area contributed by atoms with Crippen molar-refractivity contribution in [1.29, 1.82) is 0 Å². The molecule has 0 spiro atoms. The molecule has 2 fully saturated rings. The van der Waals surface area contributed by atoms with Crippen LogP contribution in [0.5, 0.6) is 0 Å². The van der Waals surface area contributed by atoms with E-state index in [1.807, 2.05) is 4.90 Å². The van der Waals surface area contributed by atoms with Crippen molar-refractivity contribution in [2.24, 2.45) is 0 Å². The fourth-order valence-electron chi connectivity index (χ4n) is 4.08. The predicted molar refractivity (Wildman–Crippen MR) is 125 cm³/mol. The van der Waals surface area contributed by atoms with Crippen molar-refractivity contribution in [2.45, 2.75) is 22.6 Å². The summed E-state index contributed by atoms with van der Waals surface area (Å²) in [6, 6.07) is 14.6. The van der Waals surface area contributed by atoms with Gasteiger partial charge in [-0.2, -0.15) is 8.61 Å². The van der Waals surface area contributed by atoms with Crippen molar-refractivity contribution in [3.05, 3.63) is 54.6 Å². The minimum absolute atomic E-state index is 0.0995. The van der Waals surface area contributed by atoms with Crippen LogP contribution in [0.1, 0.15) is 12.8 Å². The van der Waals surface area contributed by atoms with Gasteiger partial charge in [0.25, 0.3) is 0 Å². The normalized spacial score (nSPS) is 18.9. The standard InChI is InChI=1S/C22H28N4O5S2/c27-22(23-19-7-6-10-21(17-19)33(30,31)25-11-4-5-12-25)18-24-13-15-26(16-14-24)32(28,29)20-8-2-1-3-9-20/h1-3,6-10,17H,4-5,11-16,18H2,(H,23,27). The van der Waals surface area contributed by atoms with Crippen molar-refractivity contribution in [3.63, 3.8) is 0 Å². The first-order valence-corrected chi connectivity index (χ1v) is 13.8. The summed E-state index contributed by atoms with van der Waals surface area (Å²) in [5.74, 6) is -0.273. The van der Waals surface area contributed by atoms with E-state index in [4.69, 9.17) is 0 Å². The Labute approximate surface area is 195 Å². The number of carbonyl (C=O) groups is 1. The van der Waals surface area contributed by atoms with Crippen LogP contribution in [0.3, 0.4) is 0 Å². The largest absolute Gasteiger partial charge is 0.325 e. The molecular formula is C22H28N4O5S2.